The number of hydrogen-bond acceptors (Lipinski definition) is 2. The minimum atomic E-state index is 0.152. The van der Waals surface area contributed by atoms with Crippen molar-refractivity contribution in [1.82, 2.24) is 15.1 Å². The van der Waals surface area contributed by atoms with E-state index in [4.69, 9.17) is 0 Å². The first kappa shape index (κ1) is 14.2. The third-order valence-electron chi connectivity index (χ3n) is 2.78. The molecule has 0 bridgehead atoms. The van der Waals surface area contributed by atoms with Crippen LogP contribution < -0.4 is 5.32 Å². The highest BCUT2D eigenvalue weighted by Gasteiger charge is 2.10. The van der Waals surface area contributed by atoms with Gasteiger partial charge in [-0.3, -0.25) is 4.68 Å². The van der Waals surface area contributed by atoms with Crippen LogP contribution >= 0.6 is 0 Å². The maximum Gasteiger partial charge on any atom is 0.0762 e. The van der Waals surface area contributed by atoms with Gasteiger partial charge in [-0.1, -0.05) is 20.3 Å². The van der Waals surface area contributed by atoms with Crippen molar-refractivity contribution in [3.05, 3.63) is 18.0 Å². The number of aromatic nitrogens is 2. The Labute approximate surface area is 106 Å². The molecule has 1 unspecified atom stereocenters. The Kier molecular flexibility index (Phi) is 5.19. The zero-order chi connectivity index (χ0) is 12.9. The molecule has 0 aromatic carbocycles. The van der Waals surface area contributed by atoms with E-state index in [0.717, 1.165) is 18.8 Å². The minimum Gasteiger partial charge on any atom is -0.306 e. The highest BCUT2D eigenvalue weighted by Crippen LogP contribution is 2.09. The minimum absolute atomic E-state index is 0.152. The van der Waals surface area contributed by atoms with Gasteiger partial charge in [-0.05, 0) is 39.2 Å². The fraction of sp³-hybridized carbons (Fsp3) is 0.786. The van der Waals surface area contributed by atoms with Gasteiger partial charge in [0.1, 0.15) is 0 Å². The second-order valence-corrected chi connectivity index (χ2v) is 6.03. The molecule has 0 saturated carbocycles. The molecule has 3 nitrogen and oxygen atoms in total. The molecule has 0 radical (unpaired) electrons. The third kappa shape index (κ3) is 5.87. The summed E-state index contributed by atoms with van der Waals surface area (Å²) in [7, 11) is 0. The van der Waals surface area contributed by atoms with Crippen LogP contribution in [0.2, 0.25) is 0 Å². The second-order valence-electron chi connectivity index (χ2n) is 6.03. The first-order chi connectivity index (χ1) is 7.90. The molecule has 98 valence electrons. The van der Waals surface area contributed by atoms with Crippen molar-refractivity contribution in [2.45, 2.75) is 66.1 Å². The summed E-state index contributed by atoms with van der Waals surface area (Å²) in [6.45, 7) is 12.9. The van der Waals surface area contributed by atoms with Crippen molar-refractivity contribution in [2.24, 2.45) is 5.92 Å². The molecule has 0 aliphatic heterocycles. The van der Waals surface area contributed by atoms with E-state index in [1.807, 2.05) is 0 Å². The first-order valence-corrected chi connectivity index (χ1v) is 6.68. The third-order valence-corrected chi connectivity index (χ3v) is 2.78. The van der Waals surface area contributed by atoms with Crippen molar-refractivity contribution in [1.29, 1.82) is 0 Å². The van der Waals surface area contributed by atoms with Crippen LogP contribution in [0.5, 0.6) is 0 Å². The molecule has 17 heavy (non-hydrogen) atoms. The maximum absolute atomic E-state index is 4.59. The van der Waals surface area contributed by atoms with E-state index >= 15 is 0 Å². The summed E-state index contributed by atoms with van der Waals surface area (Å²) >= 11 is 0. The Balaban J connectivity index is 2.42. The van der Waals surface area contributed by atoms with Gasteiger partial charge in [0.2, 0.25) is 0 Å². The van der Waals surface area contributed by atoms with Gasteiger partial charge in [-0.2, -0.15) is 5.10 Å². The molecule has 1 atom stereocenters. The topological polar surface area (TPSA) is 29.9 Å². The van der Waals surface area contributed by atoms with E-state index in [0.29, 0.717) is 5.92 Å². The molecular weight excluding hydrogens is 210 g/mol. The van der Waals surface area contributed by atoms with Gasteiger partial charge < -0.3 is 5.32 Å². The lowest BCUT2D eigenvalue weighted by molar-refractivity contribution is 0.404. The zero-order valence-electron chi connectivity index (χ0n) is 12.0. The molecule has 1 rings (SSSR count). The fourth-order valence-corrected chi connectivity index (χ4v) is 1.86. The van der Waals surface area contributed by atoms with Crippen LogP contribution in [0.4, 0.5) is 0 Å². The normalized spacial score (nSPS) is 13.9. The summed E-state index contributed by atoms with van der Waals surface area (Å²) in [6, 6.07) is 2.11. The van der Waals surface area contributed by atoms with Gasteiger partial charge in [0.15, 0.2) is 0 Å². The molecule has 3 heteroatoms. The van der Waals surface area contributed by atoms with Crippen molar-refractivity contribution in [3.8, 4) is 0 Å². The quantitative estimate of drug-likeness (QED) is 0.823. The Morgan fingerprint density at radius 3 is 2.71 bits per heavy atom. The van der Waals surface area contributed by atoms with Crippen LogP contribution in [-0.2, 0) is 13.1 Å². The Bertz CT molecular complexity index is 322. The lowest BCUT2D eigenvalue weighted by Crippen LogP contribution is -2.35. The van der Waals surface area contributed by atoms with Gasteiger partial charge >= 0.3 is 0 Å². The molecule has 1 aromatic heterocycles. The van der Waals surface area contributed by atoms with Crippen LogP contribution in [0.1, 0.15) is 53.2 Å². The van der Waals surface area contributed by atoms with Gasteiger partial charge in [0.05, 0.1) is 5.69 Å². The summed E-state index contributed by atoms with van der Waals surface area (Å²) in [5.41, 5.74) is 1.28. The summed E-state index contributed by atoms with van der Waals surface area (Å²) in [5, 5.41) is 8.04. The van der Waals surface area contributed by atoms with Crippen LogP contribution in [0, 0.1) is 5.92 Å². The van der Waals surface area contributed by atoms with Crippen molar-refractivity contribution in [3.63, 3.8) is 0 Å². The summed E-state index contributed by atoms with van der Waals surface area (Å²) < 4.78 is 2.07. The predicted molar refractivity (Wildman–Crippen MR) is 72.9 cm³/mol. The Hall–Kier alpha value is -0.830. The number of nitrogens with one attached hydrogen (secondary N) is 1. The lowest BCUT2D eigenvalue weighted by Gasteiger charge is -2.19. The number of nitrogens with zero attached hydrogens (tertiary/aromatic N) is 2. The highest BCUT2D eigenvalue weighted by atomic mass is 15.3. The van der Waals surface area contributed by atoms with Gasteiger partial charge in [0.25, 0.3) is 0 Å². The van der Waals surface area contributed by atoms with Crippen LogP contribution in [0.25, 0.3) is 0 Å². The summed E-state index contributed by atoms with van der Waals surface area (Å²) in [6.07, 6.45) is 4.61. The Morgan fingerprint density at radius 1 is 1.41 bits per heavy atom. The predicted octanol–water partition coefficient (Wildman–Crippen LogP) is 3.21. The SMILES string of the molecule is CCCC(C)Cn1ccc(CNC(C)(C)C)n1. The van der Waals surface area contributed by atoms with E-state index < -0.39 is 0 Å². The van der Waals surface area contributed by atoms with E-state index in [9.17, 15) is 0 Å². The Morgan fingerprint density at radius 2 is 2.12 bits per heavy atom. The van der Waals surface area contributed by atoms with E-state index in [2.05, 4.69) is 62.0 Å². The monoisotopic (exact) mass is 237 g/mol. The lowest BCUT2D eigenvalue weighted by atomic mass is 10.1. The van der Waals surface area contributed by atoms with E-state index in [1.54, 1.807) is 0 Å². The maximum atomic E-state index is 4.59. The first-order valence-electron chi connectivity index (χ1n) is 6.68. The molecule has 1 aromatic rings. The molecule has 1 heterocycles. The molecule has 0 saturated heterocycles. The molecular formula is C14H27N3. The smallest absolute Gasteiger partial charge is 0.0762 e. The summed E-state index contributed by atoms with van der Waals surface area (Å²) in [4.78, 5) is 0. The van der Waals surface area contributed by atoms with Gasteiger partial charge in [-0.25, -0.2) is 0 Å². The standard InChI is InChI=1S/C14H27N3/c1-6-7-12(2)11-17-9-8-13(16-17)10-15-14(3,4)5/h8-9,12,15H,6-7,10-11H2,1-5H3. The van der Waals surface area contributed by atoms with E-state index in [-0.39, 0.29) is 5.54 Å². The van der Waals surface area contributed by atoms with Crippen molar-refractivity contribution >= 4 is 0 Å². The van der Waals surface area contributed by atoms with Crippen LogP contribution in [0.3, 0.4) is 0 Å². The second kappa shape index (κ2) is 6.20. The molecule has 0 aliphatic rings. The molecule has 1 N–H and O–H groups in total. The van der Waals surface area contributed by atoms with Crippen molar-refractivity contribution in [2.75, 3.05) is 0 Å². The van der Waals surface area contributed by atoms with Crippen LogP contribution in [-0.4, -0.2) is 15.3 Å². The van der Waals surface area contributed by atoms with Crippen molar-refractivity contribution < 1.29 is 0 Å². The largest absolute Gasteiger partial charge is 0.306 e. The molecule has 0 aliphatic carbocycles. The molecule has 0 amide bonds. The molecule has 0 spiro atoms. The summed E-state index contributed by atoms with van der Waals surface area (Å²) in [5.74, 6) is 0.711. The van der Waals surface area contributed by atoms with E-state index in [1.165, 1.54) is 12.8 Å². The fourth-order valence-electron chi connectivity index (χ4n) is 1.86. The zero-order valence-corrected chi connectivity index (χ0v) is 12.0. The van der Waals surface area contributed by atoms with Crippen LogP contribution in [0.15, 0.2) is 12.3 Å². The highest BCUT2D eigenvalue weighted by molar-refractivity contribution is 4.99. The average molecular weight is 237 g/mol. The number of rotatable bonds is 6. The number of hydrogen-bond donors (Lipinski definition) is 1. The van der Waals surface area contributed by atoms with Gasteiger partial charge in [0, 0.05) is 24.8 Å². The molecule has 0 fully saturated rings. The average Bonchev–Trinajstić information content (AvgIpc) is 2.62. The van der Waals surface area contributed by atoms with Gasteiger partial charge in [-0.15, -0.1) is 0 Å².